The van der Waals surface area contributed by atoms with Crippen molar-refractivity contribution in [1.82, 2.24) is 4.98 Å². The highest BCUT2D eigenvalue weighted by Crippen LogP contribution is 2.26. The summed E-state index contributed by atoms with van der Waals surface area (Å²) in [6.45, 7) is 6.18. The Bertz CT molecular complexity index is 774. The number of nitrogens with zero attached hydrogens (tertiary/aromatic N) is 1. The van der Waals surface area contributed by atoms with E-state index in [0.29, 0.717) is 24.8 Å². The Morgan fingerprint density at radius 2 is 2.28 bits per heavy atom. The van der Waals surface area contributed by atoms with Crippen molar-refractivity contribution < 1.29 is 19.2 Å². The van der Waals surface area contributed by atoms with Crippen molar-refractivity contribution in [2.45, 2.75) is 26.7 Å². The van der Waals surface area contributed by atoms with Crippen LogP contribution in [-0.2, 0) is 14.3 Å². The van der Waals surface area contributed by atoms with E-state index in [1.807, 2.05) is 26.0 Å². The summed E-state index contributed by atoms with van der Waals surface area (Å²) in [5.41, 5.74) is 2.08. The van der Waals surface area contributed by atoms with Gasteiger partial charge in [0.1, 0.15) is 5.92 Å². The highest BCUT2D eigenvalue weighted by Gasteiger charge is 2.30. The van der Waals surface area contributed by atoms with Crippen molar-refractivity contribution in [3.63, 3.8) is 0 Å². The minimum Gasteiger partial charge on any atom is -0.466 e. The van der Waals surface area contributed by atoms with Gasteiger partial charge in [-0.15, -0.1) is 0 Å². The Morgan fingerprint density at radius 3 is 3.08 bits per heavy atom. The second-order valence-electron chi connectivity index (χ2n) is 6.51. The van der Waals surface area contributed by atoms with Gasteiger partial charge in [0.15, 0.2) is 11.7 Å². The Hall–Kier alpha value is -1.99. The molecule has 0 aliphatic carbocycles. The molecule has 1 fully saturated rings. The number of carbonyl (C=O) groups excluding carboxylic acids is 2. The number of benzene rings is 1. The van der Waals surface area contributed by atoms with Gasteiger partial charge in [0.2, 0.25) is 0 Å². The lowest BCUT2D eigenvalue weighted by atomic mass is 9.98. The molecule has 0 spiro atoms. The number of fused-ring (bicyclic) bond motifs is 1. The number of nitrogens with one attached hydrogen (secondary N) is 2. The zero-order chi connectivity index (χ0) is 17.8. The summed E-state index contributed by atoms with van der Waals surface area (Å²) in [5, 5.41) is 3.53. The molecule has 1 aromatic carbocycles. The average molecular weight is 362 g/mol. The van der Waals surface area contributed by atoms with E-state index >= 15 is 0 Å². The molecular weight excluding hydrogens is 338 g/mol. The van der Waals surface area contributed by atoms with Crippen molar-refractivity contribution >= 4 is 38.6 Å². The third kappa shape index (κ3) is 4.55. The molecule has 2 heterocycles. The van der Waals surface area contributed by atoms with Crippen LogP contribution in [0.1, 0.15) is 25.3 Å². The zero-order valence-electron chi connectivity index (χ0n) is 14.6. The van der Waals surface area contributed by atoms with Gasteiger partial charge in [-0.1, -0.05) is 17.4 Å². The number of rotatable bonds is 5. The summed E-state index contributed by atoms with van der Waals surface area (Å²) in [5.74, 6) is -0.293. The fourth-order valence-electron chi connectivity index (χ4n) is 3.25. The van der Waals surface area contributed by atoms with Gasteiger partial charge < -0.3 is 9.64 Å². The lowest BCUT2D eigenvalue weighted by molar-refractivity contribution is -0.899. The number of quaternary nitrogens is 1. The molecule has 7 heteroatoms. The van der Waals surface area contributed by atoms with Gasteiger partial charge in [0.05, 0.1) is 29.9 Å². The van der Waals surface area contributed by atoms with Crippen molar-refractivity contribution in [1.29, 1.82) is 0 Å². The molecule has 25 heavy (non-hydrogen) atoms. The molecule has 1 aliphatic heterocycles. The zero-order valence-corrected chi connectivity index (χ0v) is 15.4. The van der Waals surface area contributed by atoms with Crippen LogP contribution in [0.5, 0.6) is 0 Å². The standard InChI is InChI=1S/C18H23N3O3S/c1-3-24-17(23)13-5-4-8-21(10-13)11-16(22)20-18-19-14-7-6-12(2)9-15(14)25-18/h6-7,9,13H,3-5,8,10-11H2,1-2H3,(H,19,20,22)/p+1/t13-/m1/s1. The molecule has 2 atom stereocenters. The van der Waals surface area contributed by atoms with Crippen molar-refractivity contribution in [2.24, 2.45) is 5.92 Å². The Morgan fingerprint density at radius 1 is 1.44 bits per heavy atom. The number of anilines is 1. The highest BCUT2D eigenvalue weighted by molar-refractivity contribution is 7.22. The number of ether oxygens (including phenoxy) is 1. The van der Waals surface area contributed by atoms with Crippen LogP contribution < -0.4 is 10.2 Å². The first-order valence-corrected chi connectivity index (χ1v) is 9.54. The number of carbonyl (C=O) groups is 2. The minimum absolute atomic E-state index is 0.0599. The first-order chi connectivity index (χ1) is 12.0. The average Bonchev–Trinajstić information content (AvgIpc) is 2.96. The van der Waals surface area contributed by atoms with Crippen LogP contribution >= 0.6 is 11.3 Å². The Balaban J connectivity index is 1.57. The van der Waals surface area contributed by atoms with Gasteiger partial charge in [0.25, 0.3) is 5.91 Å². The molecule has 1 aromatic heterocycles. The van der Waals surface area contributed by atoms with E-state index < -0.39 is 0 Å². The van der Waals surface area contributed by atoms with Crippen LogP contribution in [0.25, 0.3) is 10.2 Å². The van der Waals surface area contributed by atoms with Gasteiger partial charge in [-0.3, -0.25) is 14.9 Å². The third-order valence-corrected chi connectivity index (χ3v) is 5.37. The summed E-state index contributed by atoms with van der Waals surface area (Å²) < 4.78 is 6.18. The van der Waals surface area contributed by atoms with E-state index in [1.54, 1.807) is 0 Å². The molecule has 134 valence electrons. The number of aryl methyl sites for hydroxylation is 1. The molecule has 2 aromatic rings. The molecule has 0 bridgehead atoms. The second kappa shape index (κ2) is 7.93. The molecule has 2 N–H and O–H groups in total. The topological polar surface area (TPSA) is 72.7 Å². The monoisotopic (exact) mass is 362 g/mol. The van der Waals surface area contributed by atoms with Crippen LogP contribution in [0.15, 0.2) is 18.2 Å². The fraction of sp³-hybridized carbons (Fsp3) is 0.500. The van der Waals surface area contributed by atoms with E-state index in [1.165, 1.54) is 16.9 Å². The van der Waals surface area contributed by atoms with Crippen LogP contribution in [0.4, 0.5) is 5.13 Å². The van der Waals surface area contributed by atoms with Gasteiger partial charge in [0, 0.05) is 0 Å². The number of piperidine rings is 1. The maximum Gasteiger partial charge on any atom is 0.314 e. The number of esters is 1. The van der Waals surface area contributed by atoms with Crippen LogP contribution in [0.3, 0.4) is 0 Å². The van der Waals surface area contributed by atoms with Gasteiger partial charge in [-0.25, -0.2) is 4.98 Å². The predicted molar refractivity (Wildman–Crippen MR) is 97.9 cm³/mol. The van der Waals surface area contributed by atoms with E-state index in [4.69, 9.17) is 4.74 Å². The number of thiazole rings is 1. The summed E-state index contributed by atoms with van der Waals surface area (Å²) in [4.78, 5) is 29.8. The van der Waals surface area contributed by atoms with E-state index in [0.717, 1.165) is 34.5 Å². The molecule has 1 amide bonds. The third-order valence-electron chi connectivity index (χ3n) is 4.44. The molecule has 6 nitrogen and oxygen atoms in total. The van der Waals surface area contributed by atoms with Crippen molar-refractivity contribution in [2.75, 3.05) is 31.6 Å². The smallest absolute Gasteiger partial charge is 0.314 e. The maximum atomic E-state index is 12.3. The molecule has 3 rings (SSSR count). The quantitative estimate of drug-likeness (QED) is 0.789. The Kier molecular flexibility index (Phi) is 5.65. The number of hydrogen-bond donors (Lipinski definition) is 2. The van der Waals surface area contributed by atoms with Crippen molar-refractivity contribution in [3.8, 4) is 0 Å². The van der Waals surface area contributed by atoms with E-state index in [9.17, 15) is 9.59 Å². The molecular formula is C18H24N3O3S+. The van der Waals surface area contributed by atoms with Crippen molar-refractivity contribution in [3.05, 3.63) is 23.8 Å². The van der Waals surface area contributed by atoms with Crippen LogP contribution in [0, 0.1) is 12.8 Å². The van der Waals surface area contributed by atoms with Gasteiger partial charge in [-0.2, -0.15) is 0 Å². The molecule has 1 unspecified atom stereocenters. The SMILES string of the molecule is CCOC(=O)[C@@H]1CCC[NH+](CC(=O)Nc2nc3ccc(C)cc3s2)C1. The highest BCUT2D eigenvalue weighted by atomic mass is 32.1. The van der Waals surface area contributed by atoms with E-state index in [2.05, 4.69) is 16.4 Å². The Labute approximate surface area is 151 Å². The number of aromatic nitrogens is 1. The largest absolute Gasteiger partial charge is 0.466 e. The molecule has 0 saturated carbocycles. The van der Waals surface area contributed by atoms with E-state index in [-0.39, 0.29) is 17.8 Å². The molecule has 1 saturated heterocycles. The van der Waals surface area contributed by atoms with Gasteiger partial charge >= 0.3 is 5.97 Å². The fourth-order valence-corrected chi connectivity index (χ4v) is 4.23. The first kappa shape index (κ1) is 17.8. The first-order valence-electron chi connectivity index (χ1n) is 8.72. The lowest BCUT2D eigenvalue weighted by Gasteiger charge is -2.28. The number of likely N-dealkylation sites (tertiary alicyclic amines) is 1. The summed E-state index contributed by atoms with van der Waals surface area (Å²) in [6.07, 6.45) is 1.79. The summed E-state index contributed by atoms with van der Waals surface area (Å²) in [7, 11) is 0. The van der Waals surface area contributed by atoms with Crippen LogP contribution in [0.2, 0.25) is 0 Å². The summed E-state index contributed by atoms with van der Waals surface area (Å²) >= 11 is 1.49. The normalized spacial score (nSPS) is 20.4. The molecule has 1 aliphatic rings. The maximum absolute atomic E-state index is 12.3. The number of amides is 1. The minimum atomic E-state index is -0.137. The summed E-state index contributed by atoms with van der Waals surface area (Å²) in [6, 6.07) is 6.06. The number of hydrogen-bond acceptors (Lipinski definition) is 5. The van der Waals surface area contributed by atoms with Gasteiger partial charge in [-0.05, 0) is 44.4 Å². The van der Waals surface area contributed by atoms with Crippen LogP contribution in [-0.4, -0.2) is 43.1 Å². The lowest BCUT2D eigenvalue weighted by Crippen LogP contribution is -3.14. The predicted octanol–water partition coefficient (Wildman–Crippen LogP) is 1.40. The molecule has 0 radical (unpaired) electrons. The second-order valence-corrected chi connectivity index (χ2v) is 7.54.